The number of nitrogens with zero attached hydrogens (tertiary/aromatic N) is 1. The van der Waals surface area contributed by atoms with E-state index in [1.807, 2.05) is 6.92 Å². The SMILES string of the molecule is CCOc1ccc(S(=O)(=O)N2CCC(CC(=O)O)C2(C)C)cc1. The van der Waals surface area contributed by atoms with Crippen molar-refractivity contribution in [3.8, 4) is 5.75 Å². The highest BCUT2D eigenvalue weighted by molar-refractivity contribution is 7.89. The number of rotatable bonds is 6. The van der Waals surface area contributed by atoms with Gasteiger partial charge in [-0.3, -0.25) is 4.79 Å². The van der Waals surface area contributed by atoms with E-state index < -0.39 is 21.5 Å². The Labute approximate surface area is 137 Å². The third-order valence-electron chi connectivity index (χ3n) is 4.47. The largest absolute Gasteiger partial charge is 0.494 e. The molecule has 1 aromatic carbocycles. The number of aliphatic carboxylic acids is 1. The number of ether oxygens (including phenoxy) is 1. The number of carboxylic acids is 1. The van der Waals surface area contributed by atoms with Crippen molar-refractivity contribution in [2.75, 3.05) is 13.2 Å². The van der Waals surface area contributed by atoms with Crippen molar-refractivity contribution in [2.24, 2.45) is 5.92 Å². The van der Waals surface area contributed by atoms with E-state index in [0.717, 1.165) is 0 Å². The van der Waals surface area contributed by atoms with Crippen LogP contribution in [-0.2, 0) is 14.8 Å². The summed E-state index contributed by atoms with van der Waals surface area (Å²) >= 11 is 0. The van der Waals surface area contributed by atoms with E-state index in [1.54, 1.807) is 26.0 Å². The zero-order valence-corrected chi connectivity index (χ0v) is 14.5. The van der Waals surface area contributed by atoms with E-state index in [2.05, 4.69) is 0 Å². The zero-order chi connectivity index (χ0) is 17.3. The molecule has 23 heavy (non-hydrogen) atoms. The standard InChI is InChI=1S/C16H23NO5S/c1-4-22-13-5-7-14(8-6-13)23(20,21)17-10-9-12(11-15(18)19)16(17,2)3/h5-8,12H,4,9-11H2,1-3H3,(H,18,19). The van der Waals surface area contributed by atoms with Crippen LogP contribution >= 0.6 is 0 Å². The number of carboxylic acid groups (broad SMARTS) is 1. The monoisotopic (exact) mass is 341 g/mol. The Kier molecular flexibility index (Phi) is 5.01. The first kappa shape index (κ1) is 17.7. The average Bonchev–Trinajstić information content (AvgIpc) is 2.75. The zero-order valence-electron chi connectivity index (χ0n) is 13.7. The Balaban J connectivity index is 2.27. The van der Waals surface area contributed by atoms with E-state index in [9.17, 15) is 13.2 Å². The highest BCUT2D eigenvalue weighted by Gasteiger charge is 2.48. The first-order valence-corrected chi connectivity index (χ1v) is 9.11. The lowest BCUT2D eigenvalue weighted by Crippen LogP contribution is -2.46. The first-order chi connectivity index (χ1) is 10.7. The summed E-state index contributed by atoms with van der Waals surface area (Å²) in [6.07, 6.45) is 0.526. The van der Waals surface area contributed by atoms with Gasteiger partial charge in [-0.1, -0.05) is 0 Å². The predicted molar refractivity (Wildman–Crippen MR) is 85.9 cm³/mol. The minimum absolute atomic E-state index is 0.0255. The fourth-order valence-corrected chi connectivity index (χ4v) is 4.96. The molecule has 0 aliphatic carbocycles. The van der Waals surface area contributed by atoms with E-state index in [0.29, 0.717) is 25.3 Å². The summed E-state index contributed by atoms with van der Waals surface area (Å²) in [4.78, 5) is 11.2. The van der Waals surface area contributed by atoms with Gasteiger partial charge in [-0.25, -0.2) is 8.42 Å². The van der Waals surface area contributed by atoms with Gasteiger partial charge in [0.05, 0.1) is 11.5 Å². The summed E-state index contributed by atoms with van der Waals surface area (Å²) in [5.74, 6) is -0.475. The van der Waals surface area contributed by atoms with Crippen LogP contribution in [0.4, 0.5) is 0 Å². The highest BCUT2D eigenvalue weighted by Crippen LogP contribution is 2.40. The number of benzene rings is 1. The van der Waals surface area contributed by atoms with Crippen molar-refractivity contribution in [3.63, 3.8) is 0 Å². The van der Waals surface area contributed by atoms with E-state index >= 15 is 0 Å². The maximum Gasteiger partial charge on any atom is 0.303 e. The Hall–Kier alpha value is -1.60. The lowest BCUT2D eigenvalue weighted by atomic mass is 9.87. The van der Waals surface area contributed by atoms with Crippen LogP contribution in [0, 0.1) is 5.92 Å². The fourth-order valence-electron chi connectivity index (χ4n) is 3.11. The molecule has 0 aromatic heterocycles. The predicted octanol–water partition coefficient (Wildman–Crippen LogP) is 2.35. The molecule has 2 rings (SSSR count). The normalized spacial score (nSPS) is 21.3. The Morgan fingerprint density at radius 2 is 1.96 bits per heavy atom. The summed E-state index contributed by atoms with van der Waals surface area (Å²) in [5, 5.41) is 9.01. The summed E-state index contributed by atoms with van der Waals surface area (Å²) in [7, 11) is -3.66. The lowest BCUT2D eigenvalue weighted by Gasteiger charge is -2.34. The lowest BCUT2D eigenvalue weighted by molar-refractivity contribution is -0.138. The van der Waals surface area contributed by atoms with Crippen LogP contribution in [0.2, 0.25) is 0 Å². The fraction of sp³-hybridized carbons (Fsp3) is 0.562. The van der Waals surface area contributed by atoms with Crippen LogP contribution in [0.25, 0.3) is 0 Å². The van der Waals surface area contributed by atoms with Crippen LogP contribution in [0.1, 0.15) is 33.6 Å². The number of carbonyl (C=O) groups is 1. The Morgan fingerprint density at radius 3 is 2.48 bits per heavy atom. The molecule has 1 N–H and O–H groups in total. The smallest absolute Gasteiger partial charge is 0.303 e. The van der Waals surface area contributed by atoms with E-state index in [-0.39, 0.29) is 17.2 Å². The van der Waals surface area contributed by atoms with Gasteiger partial charge in [0.25, 0.3) is 0 Å². The van der Waals surface area contributed by atoms with Crippen molar-refractivity contribution in [3.05, 3.63) is 24.3 Å². The third kappa shape index (κ3) is 3.50. The highest BCUT2D eigenvalue weighted by atomic mass is 32.2. The summed E-state index contributed by atoms with van der Waals surface area (Å²) in [5.41, 5.74) is -0.726. The molecule has 0 spiro atoms. The van der Waals surface area contributed by atoms with Gasteiger partial charge in [0.2, 0.25) is 10.0 Å². The molecular formula is C16H23NO5S. The van der Waals surface area contributed by atoms with Crippen molar-refractivity contribution in [1.29, 1.82) is 0 Å². The van der Waals surface area contributed by atoms with E-state index in [1.165, 1.54) is 16.4 Å². The van der Waals surface area contributed by atoms with E-state index in [4.69, 9.17) is 9.84 Å². The molecule has 0 radical (unpaired) electrons. The van der Waals surface area contributed by atoms with Gasteiger partial charge in [0.1, 0.15) is 5.75 Å². The molecule has 0 saturated carbocycles. The minimum atomic E-state index is -3.66. The summed E-state index contributed by atoms with van der Waals surface area (Å²) in [6, 6.07) is 6.32. The third-order valence-corrected chi connectivity index (χ3v) is 6.57. The van der Waals surface area contributed by atoms with Gasteiger partial charge in [-0.2, -0.15) is 4.31 Å². The van der Waals surface area contributed by atoms with Gasteiger partial charge in [-0.05, 0) is 57.4 Å². The van der Waals surface area contributed by atoms with Crippen LogP contribution in [-0.4, -0.2) is 42.5 Å². The van der Waals surface area contributed by atoms with Gasteiger partial charge in [-0.15, -0.1) is 0 Å². The van der Waals surface area contributed by atoms with Crippen LogP contribution in [0.3, 0.4) is 0 Å². The van der Waals surface area contributed by atoms with Gasteiger partial charge in [0, 0.05) is 18.5 Å². The topological polar surface area (TPSA) is 83.9 Å². The molecule has 1 aliphatic heterocycles. The number of sulfonamides is 1. The molecule has 0 bridgehead atoms. The molecule has 1 aliphatic rings. The second-order valence-electron chi connectivity index (χ2n) is 6.22. The summed E-state index contributed by atoms with van der Waals surface area (Å²) in [6.45, 7) is 6.29. The molecule has 1 saturated heterocycles. The second kappa shape index (κ2) is 6.49. The maximum atomic E-state index is 12.9. The van der Waals surface area contributed by atoms with Crippen molar-refractivity contribution >= 4 is 16.0 Å². The molecule has 1 unspecified atom stereocenters. The molecule has 6 nitrogen and oxygen atoms in total. The maximum absolute atomic E-state index is 12.9. The van der Waals surface area contributed by atoms with Crippen molar-refractivity contribution < 1.29 is 23.1 Å². The molecule has 0 amide bonds. The van der Waals surface area contributed by atoms with Gasteiger partial charge < -0.3 is 9.84 Å². The van der Waals surface area contributed by atoms with Gasteiger partial charge in [0.15, 0.2) is 0 Å². The Morgan fingerprint density at radius 1 is 1.35 bits per heavy atom. The van der Waals surface area contributed by atoms with Crippen LogP contribution in [0.15, 0.2) is 29.2 Å². The molecular weight excluding hydrogens is 318 g/mol. The molecule has 128 valence electrons. The molecule has 1 heterocycles. The quantitative estimate of drug-likeness (QED) is 0.858. The molecule has 1 fully saturated rings. The minimum Gasteiger partial charge on any atom is -0.494 e. The average molecular weight is 341 g/mol. The van der Waals surface area contributed by atoms with Crippen LogP contribution in [0.5, 0.6) is 5.75 Å². The molecule has 7 heteroatoms. The number of hydrogen-bond donors (Lipinski definition) is 1. The second-order valence-corrected chi connectivity index (χ2v) is 8.08. The van der Waals surface area contributed by atoms with Crippen molar-refractivity contribution in [2.45, 2.75) is 44.0 Å². The molecule has 1 atom stereocenters. The van der Waals surface area contributed by atoms with Gasteiger partial charge >= 0.3 is 5.97 Å². The number of hydrogen-bond acceptors (Lipinski definition) is 4. The Bertz CT molecular complexity index is 666. The van der Waals surface area contributed by atoms with Crippen molar-refractivity contribution in [1.82, 2.24) is 4.31 Å². The summed E-state index contributed by atoms with van der Waals surface area (Å²) < 4.78 is 32.5. The van der Waals surface area contributed by atoms with Crippen LogP contribution < -0.4 is 4.74 Å². The first-order valence-electron chi connectivity index (χ1n) is 7.67. The molecule has 1 aromatic rings.